The quantitative estimate of drug-likeness (QED) is 0.528. The Balaban J connectivity index is 3.46. The lowest BCUT2D eigenvalue weighted by molar-refractivity contribution is 0.251. The second kappa shape index (κ2) is 3.08. The Kier molecular flexibility index (Phi) is 3.06. The summed E-state index contributed by atoms with van der Waals surface area (Å²) in [5, 5.41) is 0. The van der Waals surface area contributed by atoms with E-state index in [0.717, 1.165) is 5.92 Å². The van der Waals surface area contributed by atoms with Crippen molar-refractivity contribution < 1.29 is 0 Å². The average Bonchev–Trinajstić information content (AvgIpc) is 1.64. The summed E-state index contributed by atoms with van der Waals surface area (Å²) < 4.78 is 0. The smallest absolute Gasteiger partial charge is 0.00838 e. The van der Waals surface area contributed by atoms with E-state index in [9.17, 15) is 0 Å². The molecular formula is C7H17N. The third-order valence-electron chi connectivity index (χ3n) is 1.78. The predicted octanol–water partition coefficient (Wildman–Crippen LogP) is 1.59. The fraction of sp³-hybridized carbons (Fsp3) is 1.00. The topological polar surface area (TPSA) is 3.24 Å². The van der Waals surface area contributed by atoms with Crippen molar-refractivity contribution in [2.24, 2.45) is 5.92 Å². The zero-order valence-corrected chi connectivity index (χ0v) is 6.60. The molecule has 1 unspecified atom stereocenters. The highest BCUT2D eigenvalue weighted by Gasteiger charge is 2.07. The zero-order chi connectivity index (χ0) is 6.73. The molecule has 0 bridgehead atoms. The van der Waals surface area contributed by atoms with E-state index in [0.29, 0.717) is 6.04 Å². The normalized spacial score (nSPS) is 15.4. The monoisotopic (exact) mass is 115 g/mol. The Morgan fingerprint density at radius 2 is 1.38 bits per heavy atom. The molecule has 0 saturated carbocycles. The fourth-order valence-electron chi connectivity index (χ4n) is 0.596. The summed E-state index contributed by atoms with van der Waals surface area (Å²) >= 11 is 0. The van der Waals surface area contributed by atoms with Gasteiger partial charge in [0.2, 0.25) is 0 Å². The molecule has 0 aliphatic rings. The molecule has 0 aromatic rings. The first kappa shape index (κ1) is 7.96. The molecule has 0 spiro atoms. The molecule has 0 heterocycles. The molecular weight excluding hydrogens is 98.1 g/mol. The molecule has 8 heavy (non-hydrogen) atoms. The van der Waals surface area contributed by atoms with Crippen LogP contribution in [0.25, 0.3) is 0 Å². The SMILES string of the molecule is CC(C)C(C)N(C)C. The Morgan fingerprint density at radius 3 is 1.38 bits per heavy atom. The van der Waals surface area contributed by atoms with Crippen molar-refractivity contribution >= 4 is 0 Å². The molecule has 50 valence electrons. The maximum Gasteiger partial charge on any atom is 0.00838 e. The summed E-state index contributed by atoms with van der Waals surface area (Å²) in [4.78, 5) is 2.24. The van der Waals surface area contributed by atoms with E-state index in [1.807, 2.05) is 0 Å². The maximum absolute atomic E-state index is 2.24. The van der Waals surface area contributed by atoms with Crippen LogP contribution in [0.4, 0.5) is 0 Å². The molecule has 1 atom stereocenters. The van der Waals surface area contributed by atoms with Gasteiger partial charge in [0.1, 0.15) is 0 Å². The lowest BCUT2D eigenvalue weighted by atomic mass is 10.1. The summed E-state index contributed by atoms with van der Waals surface area (Å²) in [6.07, 6.45) is 0. The lowest BCUT2D eigenvalue weighted by Gasteiger charge is -2.22. The standard InChI is InChI=1S/C7H17N/c1-6(2)7(3)8(4)5/h6-7H,1-5H3. The van der Waals surface area contributed by atoms with Gasteiger partial charge in [0.15, 0.2) is 0 Å². The third-order valence-corrected chi connectivity index (χ3v) is 1.78. The zero-order valence-electron chi connectivity index (χ0n) is 6.60. The minimum atomic E-state index is 0.704. The Labute approximate surface area is 52.7 Å². The summed E-state index contributed by atoms with van der Waals surface area (Å²) in [5.41, 5.74) is 0. The van der Waals surface area contributed by atoms with Gasteiger partial charge in [-0.2, -0.15) is 0 Å². The van der Waals surface area contributed by atoms with Crippen LogP contribution in [0, 0.1) is 5.92 Å². The molecule has 0 rings (SSSR count). The van der Waals surface area contributed by atoms with E-state index in [4.69, 9.17) is 0 Å². The predicted molar refractivity (Wildman–Crippen MR) is 38.0 cm³/mol. The third kappa shape index (κ3) is 2.31. The van der Waals surface area contributed by atoms with Gasteiger partial charge in [-0.1, -0.05) is 13.8 Å². The first-order chi connectivity index (χ1) is 3.55. The number of hydrogen-bond acceptors (Lipinski definition) is 1. The minimum absolute atomic E-state index is 0.704. The largest absolute Gasteiger partial charge is 0.306 e. The maximum atomic E-state index is 2.24. The first-order valence-corrected chi connectivity index (χ1v) is 3.22. The Morgan fingerprint density at radius 1 is 1.00 bits per heavy atom. The van der Waals surface area contributed by atoms with Crippen LogP contribution in [-0.4, -0.2) is 25.0 Å². The van der Waals surface area contributed by atoms with Crippen molar-refractivity contribution in [1.29, 1.82) is 0 Å². The van der Waals surface area contributed by atoms with E-state index in [1.54, 1.807) is 0 Å². The molecule has 0 aromatic carbocycles. The van der Waals surface area contributed by atoms with Gasteiger partial charge >= 0.3 is 0 Å². The van der Waals surface area contributed by atoms with Gasteiger partial charge in [0.25, 0.3) is 0 Å². The summed E-state index contributed by atoms with van der Waals surface area (Å²) in [7, 11) is 4.23. The number of nitrogens with zero attached hydrogens (tertiary/aromatic N) is 1. The molecule has 0 aromatic heterocycles. The van der Waals surface area contributed by atoms with Crippen molar-refractivity contribution in [3.63, 3.8) is 0 Å². The van der Waals surface area contributed by atoms with E-state index in [1.165, 1.54) is 0 Å². The summed E-state index contributed by atoms with van der Waals surface area (Å²) in [5.74, 6) is 0.769. The van der Waals surface area contributed by atoms with Crippen molar-refractivity contribution in [1.82, 2.24) is 4.90 Å². The van der Waals surface area contributed by atoms with Crippen LogP contribution in [0.1, 0.15) is 20.8 Å². The molecule has 0 saturated heterocycles. The van der Waals surface area contributed by atoms with Crippen LogP contribution < -0.4 is 0 Å². The van der Waals surface area contributed by atoms with Crippen LogP contribution in [0.2, 0.25) is 0 Å². The second-order valence-corrected chi connectivity index (χ2v) is 2.95. The van der Waals surface area contributed by atoms with Crippen LogP contribution in [0.15, 0.2) is 0 Å². The second-order valence-electron chi connectivity index (χ2n) is 2.95. The van der Waals surface area contributed by atoms with Crippen molar-refractivity contribution in [2.75, 3.05) is 14.1 Å². The fourth-order valence-corrected chi connectivity index (χ4v) is 0.596. The van der Waals surface area contributed by atoms with E-state index in [-0.39, 0.29) is 0 Å². The summed E-state index contributed by atoms with van der Waals surface area (Å²) in [6.45, 7) is 6.72. The van der Waals surface area contributed by atoms with Crippen LogP contribution in [0.5, 0.6) is 0 Å². The highest BCUT2D eigenvalue weighted by atomic mass is 15.1. The average molecular weight is 115 g/mol. The van der Waals surface area contributed by atoms with Gasteiger partial charge in [0.05, 0.1) is 0 Å². The molecule has 0 N–H and O–H groups in total. The Bertz CT molecular complexity index is 49.4. The van der Waals surface area contributed by atoms with Crippen molar-refractivity contribution in [3.05, 3.63) is 0 Å². The molecule has 0 aliphatic carbocycles. The van der Waals surface area contributed by atoms with E-state index >= 15 is 0 Å². The van der Waals surface area contributed by atoms with Gasteiger partial charge in [-0.05, 0) is 26.9 Å². The van der Waals surface area contributed by atoms with Gasteiger partial charge in [-0.15, -0.1) is 0 Å². The summed E-state index contributed by atoms with van der Waals surface area (Å²) in [6, 6.07) is 0.704. The molecule has 1 heteroatoms. The van der Waals surface area contributed by atoms with Crippen LogP contribution in [-0.2, 0) is 0 Å². The molecule has 0 aliphatic heterocycles. The van der Waals surface area contributed by atoms with Crippen molar-refractivity contribution in [2.45, 2.75) is 26.8 Å². The van der Waals surface area contributed by atoms with Gasteiger partial charge in [0, 0.05) is 6.04 Å². The minimum Gasteiger partial charge on any atom is -0.306 e. The molecule has 0 fully saturated rings. The van der Waals surface area contributed by atoms with Gasteiger partial charge in [-0.3, -0.25) is 0 Å². The van der Waals surface area contributed by atoms with Gasteiger partial charge in [-0.25, -0.2) is 0 Å². The van der Waals surface area contributed by atoms with E-state index in [2.05, 4.69) is 39.8 Å². The highest BCUT2D eigenvalue weighted by Crippen LogP contribution is 2.04. The Hall–Kier alpha value is -0.0400. The van der Waals surface area contributed by atoms with E-state index < -0.39 is 0 Å². The van der Waals surface area contributed by atoms with Crippen LogP contribution in [0.3, 0.4) is 0 Å². The van der Waals surface area contributed by atoms with Crippen LogP contribution >= 0.6 is 0 Å². The lowest BCUT2D eigenvalue weighted by Crippen LogP contribution is -2.29. The highest BCUT2D eigenvalue weighted by molar-refractivity contribution is 4.61. The molecule has 1 nitrogen and oxygen atoms in total. The first-order valence-electron chi connectivity index (χ1n) is 3.22. The van der Waals surface area contributed by atoms with Crippen molar-refractivity contribution in [3.8, 4) is 0 Å². The molecule has 0 amide bonds. The number of hydrogen-bond donors (Lipinski definition) is 0. The molecule has 0 radical (unpaired) electrons. The van der Waals surface area contributed by atoms with Gasteiger partial charge < -0.3 is 4.90 Å². The number of rotatable bonds is 2.